The van der Waals surface area contributed by atoms with Gasteiger partial charge in [0.05, 0.1) is 0 Å². The number of hydrogen-bond acceptors (Lipinski definition) is 2. The summed E-state index contributed by atoms with van der Waals surface area (Å²) in [6, 6.07) is 0. The van der Waals surface area contributed by atoms with Gasteiger partial charge in [-0.05, 0) is 29.0 Å². The minimum absolute atomic E-state index is 0.0668. The van der Waals surface area contributed by atoms with E-state index < -0.39 is 0 Å². The Hall–Kier alpha value is 0.200. The zero-order valence-corrected chi connectivity index (χ0v) is 8.39. The second kappa shape index (κ2) is 7.31. The summed E-state index contributed by atoms with van der Waals surface area (Å²) in [7, 11) is 0. The monoisotopic (exact) mass is 256 g/mol. The number of alkyl halides is 1. The van der Waals surface area contributed by atoms with E-state index in [9.17, 15) is 4.79 Å². The molecule has 0 spiro atoms. The summed E-state index contributed by atoms with van der Waals surface area (Å²) in [5.41, 5.74) is 0. The van der Waals surface area contributed by atoms with Crippen LogP contribution in [0.4, 0.5) is 0 Å². The molecule has 0 N–H and O–H groups in total. The van der Waals surface area contributed by atoms with E-state index in [0.717, 1.165) is 19.3 Å². The Morgan fingerprint density at radius 2 is 2.20 bits per heavy atom. The van der Waals surface area contributed by atoms with Crippen LogP contribution < -0.4 is 0 Å². The van der Waals surface area contributed by atoms with Crippen molar-refractivity contribution < 1.29 is 9.53 Å². The van der Waals surface area contributed by atoms with Gasteiger partial charge in [0, 0.05) is 6.42 Å². The van der Waals surface area contributed by atoms with E-state index in [-0.39, 0.29) is 5.97 Å². The third-order valence-electron chi connectivity index (χ3n) is 1.20. The highest BCUT2D eigenvalue weighted by Gasteiger charge is 1.98. The van der Waals surface area contributed by atoms with Crippen molar-refractivity contribution in [3.63, 3.8) is 0 Å². The highest BCUT2D eigenvalue weighted by atomic mass is 127. The lowest BCUT2D eigenvalue weighted by molar-refractivity contribution is -0.141. The highest BCUT2D eigenvalue weighted by Crippen LogP contribution is 2.00. The molecule has 0 aliphatic rings. The van der Waals surface area contributed by atoms with Crippen LogP contribution in [-0.4, -0.2) is 10.6 Å². The molecule has 0 atom stereocenters. The number of esters is 1. The standard InChI is InChI=1S/C7H13IO2/c1-2-3-4-5-7(9)10-6-8/h2-6H2,1H3. The lowest BCUT2D eigenvalue weighted by atomic mass is 10.2. The molecule has 0 aromatic rings. The predicted molar refractivity (Wildman–Crippen MR) is 49.1 cm³/mol. The van der Waals surface area contributed by atoms with Crippen molar-refractivity contribution in [2.45, 2.75) is 32.6 Å². The van der Waals surface area contributed by atoms with Gasteiger partial charge in [-0.2, -0.15) is 0 Å². The number of carbonyl (C=O) groups excluding carboxylic acids is 1. The van der Waals surface area contributed by atoms with E-state index in [4.69, 9.17) is 4.74 Å². The first kappa shape index (κ1) is 10.2. The molecule has 0 unspecified atom stereocenters. The number of halogens is 1. The van der Waals surface area contributed by atoms with Gasteiger partial charge in [0.1, 0.15) is 4.61 Å². The molecule has 60 valence electrons. The van der Waals surface area contributed by atoms with Gasteiger partial charge in [-0.1, -0.05) is 19.8 Å². The first-order valence-corrected chi connectivity index (χ1v) is 5.05. The molecule has 0 saturated carbocycles. The Kier molecular flexibility index (Phi) is 7.45. The molecule has 3 heteroatoms. The molecule has 2 nitrogen and oxygen atoms in total. The van der Waals surface area contributed by atoms with Gasteiger partial charge in [0.15, 0.2) is 0 Å². The Labute approximate surface area is 75.5 Å². The average molecular weight is 256 g/mol. The number of hydrogen-bond donors (Lipinski definition) is 0. The van der Waals surface area contributed by atoms with Gasteiger partial charge in [-0.15, -0.1) is 0 Å². The fourth-order valence-corrected chi connectivity index (χ4v) is 1.000. The topological polar surface area (TPSA) is 26.3 Å². The fraction of sp³-hybridized carbons (Fsp3) is 0.857. The number of unbranched alkanes of at least 4 members (excludes halogenated alkanes) is 2. The first-order valence-electron chi connectivity index (χ1n) is 3.52. The molecule has 0 rings (SSSR count). The predicted octanol–water partition coefficient (Wildman–Crippen LogP) is 2.50. The molecule has 0 saturated heterocycles. The van der Waals surface area contributed by atoms with Crippen molar-refractivity contribution in [1.82, 2.24) is 0 Å². The Balaban J connectivity index is 3.05. The van der Waals surface area contributed by atoms with E-state index >= 15 is 0 Å². The van der Waals surface area contributed by atoms with Crippen LogP contribution in [0.3, 0.4) is 0 Å². The van der Waals surface area contributed by atoms with E-state index in [1.165, 1.54) is 0 Å². The molecule has 0 aliphatic heterocycles. The zero-order chi connectivity index (χ0) is 7.82. The first-order chi connectivity index (χ1) is 4.81. The Morgan fingerprint density at radius 1 is 1.50 bits per heavy atom. The van der Waals surface area contributed by atoms with Gasteiger partial charge in [0.2, 0.25) is 0 Å². The molecular weight excluding hydrogens is 243 g/mol. The molecule has 0 heterocycles. The number of ether oxygens (including phenoxy) is 1. The van der Waals surface area contributed by atoms with Crippen LogP contribution in [0.25, 0.3) is 0 Å². The molecule has 0 aliphatic carbocycles. The quantitative estimate of drug-likeness (QED) is 0.327. The van der Waals surface area contributed by atoms with Gasteiger partial charge in [-0.25, -0.2) is 0 Å². The lowest BCUT2D eigenvalue weighted by Crippen LogP contribution is -2.01. The smallest absolute Gasteiger partial charge is 0.306 e. The Bertz CT molecular complexity index is 93.6. The lowest BCUT2D eigenvalue weighted by Gasteiger charge is -1.98. The van der Waals surface area contributed by atoms with Crippen LogP contribution in [0.15, 0.2) is 0 Å². The van der Waals surface area contributed by atoms with Gasteiger partial charge < -0.3 is 4.74 Å². The number of carbonyl (C=O) groups is 1. The minimum atomic E-state index is -0.0668. The molecule has 10 heavy (non-hydrogen) atoms. The summed E-state index contributed by atoms with van der Waals surface area (Å²) >= 11 is 2.02. The van der Waals surface area contributed by atoms with Crippen LogP contribution in [0.1, 0.15) is 32.6 Å². The fourth-order valence-electron chi connectivity index (χ4n) is 0.652. The van der Waals surface area contributed by atoms with Crippen LogP contribution in [-0.2, 0) is 9.53 Å². The maximum atomic E-state index is 10.7. The summed E-state index contributed by atoms with van der Waals surface area (Å²) in [6.07, 6.45) is 3.82. The van der Waals surface area contributed by atoms with Gasteiger partial charge in [-0.3, -0.25) is 4.79 Å². The summed E-state index contributed by atoms with van der Waals surface area (Å²) in [6.45, 7) is 2.11. The largest absolute Gasteiger partial charge is 0.455 e. The molecule has 0 aromatic carbocycles. The van der Waals surface area contributed by atoms with Crippen LogP contribution in [0.5, 0.6) is 0 Å². The average Bonchev–Trinajstić information content (AvgIpc) is 1.89. The van der Waals surface area contributed by atoms with Gasteiger partial charge in [0.25, 0.3) is 0 Å². The molecule has 0 radical (unpaired) electrons. The highest BCUT2D eigenvalue weighted by molar-refractivity contribution is 14.1. The van der Waals surface area contributed by atoms with Crippen molar-refractivity contribution >= 4 is 28.6 Å². The van der Waals surface area contributed by atoms with E-state index in [2.05, 4.69) is 6.92 Å². The van der Waals surface area contributed by atoms with Gasteiger partial charge >= 0.3 is 5.97 Å². The maximum Gasteiger partial charge on any atom is 0.306 e. The zero-order valence-electron chi connectivity index (χ0n) is 6.23. The van der Waals surface area contributed by atoms with E-state index in [0.29, 0.717) is 11.0 Å². The normalized spacial score (nSPS) is 9.40. The molecule has 0 bridgehead atoms. The molecular formula is C7H13IO2. The van der Waals surface area contributed by atoms with Crippen LogP contribution in [0.2, 0.25) is 0 Å². The van der Waals surface area contributed by atoms with Crippen molar-refractivity contribution in [2.24, 2.45) is 0 Å². The van der Waals surface area contributed by atoms with E-state index in [1.54, 1.807) is 0 Å². The van der Waals surface area contributed by atoms with Crippen molar-refractivity contribution in [1.29, 1.82) is 0 Å². The number of rotatable bonds is 5. The van der Waals surface area contributed by atoms with E-state index in [1.807, 2.05) is 22.6 Å². The molecule has 0 aromatic heterocycles. The van der Waals surface area contributed by atoms with Crippen molar-refractivity contribution in [3.05, 3.63) is 0 Å². The summed E-state index contributed by atoms with van der Waals surface area (Å²) in [4.78, 5) is 10.7. The second-order valence-corrected chi connectivity index (χ2v) is 2.71. The minimum Gasteiger partial charge on any atom is -0.455 e. The SMILES string of the molecule is CCCCCC(=O)OCI. The third-order valence-corrected chi connectivity index (χ3v) is 1.51. The molecule has 0 fully saturated rings. The summed E-state index contributed by atoms with van der Waals surface area (Å²) in [5.74, 6) is -0.0668. The van der Waals surface area contributed by atoms with Crippen molar-refractivity contribution in [3.8, 4) is 0 Å². The van der Waals surface area contributed by atoms with Crippen LogP contribution in [0, 0.1) is 0 Å². The summed E-state index contributed by atoms with van der Waals surface area (Å²) < 4.78 is 5.21. The van der Waals surface area contributed by atoms with Crippen LogP contribution >= 0.6 is 22.6 Å². The third kappa shape index (κ3) is 6.32. The Morgan fingerprint density at radius 3 is 2.70 bits per heavy atom. The second-order valence-electron chi connectivity index (χ2n) is 2.08. The maximum absolute atomic E-state index is 10.7. The summed E-state index contributed by atoms with van der Waals surface area (Å²) in [5, 5.41) is 0. The van der Waals surface area contributed by atoms with Crippen molar-refractivity contribution in [2.75, 3.05) is 4.61 Å². The molecule has 0 amide bonds.